The lowest BCUT2D eigenvalue weighted by Crippen LogP contribution is -2.51. The second kappa shape index (κ2) is 4.41. The number of nitrogens with one attached hydrogen (secondary N) is 1. The number of likely N-dealkylation sites (tertiary alicyclic amines) is 1. The molecule has 2 amide bonds. The lowest BCUT2D eigenvalue weighted by molar-refractivity contribution is -0.137. The lowest BCUT2D eigenvalue weighted by Gasteiger charge is -2.36. The zero-order chi connectivity index (χ0) is 11.7. The summed E-state index contributed by atoms with van der Waals surface area (Å²) in [4.78, 5) is 24.9. The maximum absolute atomic E-state index is 12.1. The Morgan fingerprint density at radius 1 is 1.56 bits per heavy atom. The van der Waals surface area contributed by atoms with Gasteiger partial charge in [0.25, 0.3) is 0 Å². The molecule has 0 aromatic heterocycles. The summed E-state index contributed by atoms with van der Waals surface area (Å²) in [7, 11) is 0. The van der Waals surface area contributed by atoms with Crippen molar-refractivity contribution >= 4 is 11.8 Å². The van der Waals surface area contributed by atoms with Crippen LogP contribution >= 0.6 is 0 Å². The number of piperidine rings is 1. The topological polar surface area (TPSA) is 75.4 Å². The number of nitrogens with zero attached hydrogens (tertiary/aromatic N) is 1. The van der Waals surface area contributed by atoms with Crippen LogP contribution in [-0.4, -0.2) is 42.4 Å². The fraction of sp³-hybridized carbons (Fsp3) is 0.818. The first-order valence-corrected chi connectivity index (χ1v) is 5.89. The number of nitrogens with two attached hydrogens (primary N) is 1. The van der Waals surface area contributed by atoms with Crippen molar-refractivity contribution in [2.24, 2.45) is 17.6 Å². The molecule has 2 aliphatic heterocycles. The molecule has 5 nitrogen and oxygen atoms in total. The molecule has 0 radical (unpaired) electrons. The molecule has 5 heteroatoms. The third-order valence-electron chi connectivity index (χ3n) is 3.65. The Kier molecular flexibility index (Phi) is 3.14. The maximum Gasteiger partial charge on any atom is 0.228 e. The minimum absolute atomic E-state index is 0.0203. The predicted molar refractivity (Wildman–Crippen MR) is 59.5 cm³/mol. The van der Waals surface area contributed by atoms with Gasteiger partial charge in [-0.1, -0.05) is 6.92 Å². The highest BCUT2D eigenvalue weighted by Gasteiger charge is 2.34. The van der Waals surface area contributed by atoms with Crippen LogP contribution in [0.1, 0.15) is 19.8 Å². The maximum atomic E-state index is 12.1. The summed E-state index contributed by atoms with van der Waals surface area (Å²) in [6, 6.07) is 0.0720. The van der Waals surface area contributed by atoms with Crippen LogP contribution in [0, 0.1) is 11.8 Å². The van der Waals surface area contributed by atoms with Crippen LogP contribution in [0.15, 0.2) is 0 Å². The number of hydrogen-bond acceptors (Lipinski definition) is 3. The Hall–Kier alpha value is -1.10. The average molecular weight is 225 g/mol. The van der Waals surface area contributed by atoms with Gasteiger partial charge in [0.15, 0.2) is 0 Å². The van der Waals surface area contributed by atoms with E-state index >= 15 is 0 Å². The molecule has 2 heterocycles. The van der Waals surface area contributed by atoms with Crippen LogP contribution < -0.4 is 11.1 Å². The van der Waals surface area contributed by atoms with Gasteiger partial charge in [0.05, 0.1) is 5.92 Å². The first kappa shape index (κ1) is 11.4. The van der Waals surface area contributed by atoms with Gasteiger partial charge in [-0.2, -0.15) is 0 Å². The van der Waals surface area contributed by atoms with E-state index in [1.807, 2.05) is 4.90 Å². The van der Waals surface area contributed by atoms with Gasteiger partial charge in [-0.15, -0.1) is 0 Å². The Balaban J connectivity index is 1.92. The normalized spacial score (nSPS) is 35.0. The van der Waals surface area contributed by atoms with Gasteiger partial charge >= 0.3 is 0 Å². The molecule has 2 fully saturated rings. The first-order chi connectivity index (χ1) is 7.58. The predicted octanol–water partition coefficient (Wildman–Crippen LogP) is -0.682. The molecule has 3 unspecified atom stereocenters. The van der Waals surface area contributed by atoms with E-state index in [-0.39, 0.29) is 23.8 Å². The molecule has 0 aromatic rings. The van der Waals surface area contributed by atoms with E-state index in [1.54, 1.807) is 0 Å². The molecule has 2 aliphatic rings. The molecule has 0 saturated carbocycles. The zero-order valence-corrected chi connectivity index (χ0v) is 9.61. The number of rotatable bonds is 1. The van der Waals surface area contributed by atoms with Crippen LogP contribution in [0.4, 0.5) is 0 Å². The standard InChI is InChI=1S/C11H19N3O2/c1-7-2-3-14(6-9(7)12)11(16)8-4-10(15)13-5-8/h7-9H,2-6,12H2,1H3,(H,13,15). The third kappa shape index (κ3) is 2.19. The van der Waals surface area contributed by atoms with Crippen molar-refractivity contribution in [3.05, 3.63) is 0 Å². The van der Waals surface area contributed by atoms with E-state index in [0.29, 0.717) is 25.4 Å². The highest BCUT2D eigenvalue weighted by Crippen LogP contribution is 2.19. The number of amides is 2. The van der Waals surface area contributed by atoms with E-state index in [4.69, 9.17) is 5.73 Å². The van der Waals surface area contributed by atoms with Crippen molar-refractivity contribution in [2.45, 2.75) is 25.8 Å². The highest BCUT2D eigenvalue weighted by molar-refractivity contribution is 5.89. The van der Waals surface area contributed by atoms with E-state index in [2.05, 4.69) is 12.2 Å². The second-order valence-corrected chi connectivity index (χ2v) is 4.92. The minimum atomic E-state index is -0.173. The summed E-state index contributed by atoms with van der Waals surface area (Å²) in [5.41, 5.74) is 5.96. The second-order valence-electron chi connectivity index (χ2n) is 4.92. The van der Waals surface area contributed by atoms with Crippen molar-refractivity contribution < 1.29 is 9.59 Å². The average Bonchev–Trinajstić information content (AvgIpc) is 2.68. The summed E-state index contributed by atoms with van der Waals surface area (Å²) < 4.78 is 0. The highest BCUT2D eigenvalue weighted by atomic mass is 16.2. The quantitative estimate of drug-likeness (QED) is 0.620. The molecule has 16 heavy (non-hydrogen) atoms. The Labute approximate surface area is 95.3 Å². The summed E-state index contributed by atoms with van der Waals surface area (Å²) >= 11 is 0. The van der Waals surface area contributed by atoms with E-state index in [9.17, 15) is 9.59 Å². The van der Waals surface area contributed by atoms with Crippen molar-refractivity contribution in [3.63, 3.8) is 0 Å². The molecule has 3 atom stereocenters. The van der Waals surface area contributed by atoms with Gasteiger partial charge in [-0.3, -0.25) is 9.59 Å². The fourth-order valence-electron chi connectivity index (χ4n) is 2.34. The SMILES string of the molecule is CC1CCN(C(=O)C2CNC(=O)C2)CC1N. The van der Waals surface area contributed by atoms with Crippen LogP contribution in [-0.2, 0) is 9.59 Å². The Morgan fingerprint density at radius 3 is 2.88 bits per heavy atom. The van der Waals surface area contributed by atoms with Crippen LogP contribution in [0.2, 0.25) is 0 Å². The summed E-state index contributed by atoms with van der Waals surface area (Å²) in [5, 5.41) is 2.69. The smallest absolute Gasteiger partial charge is 0.228 e. The van der Waals surface area contributed by atoms with Crippen molar-refractivity contribution in [2.75, 3.05) is 19.6 Å². The summed E-state index contributed by atoms with van der Waals surface area (Å²) in [6.45, 7) is 4.01. The number of carbonyl (C=O) groups excluding carboxylic acids is 2. The largest absolute Gasteiger partial charge is 0.355 e. The molecular formula is C11H19N3O2. The number of hydrogen-bond donors (Lipinski definition) is 2. The van der Waals surface area contributed by atoms with Crippen molar-refractivity contribution in [3.8, 4) is 0 Å². The monoisotopic (exact) mass is 225 g/mol. The Morgan fingerprint density at radius 2 is 2.31 bits per heavy atom. The molecule has 0 spiro atoms. The van der Waals surface area contributed by atoms with Gasteiger partial charge in [0.2, 0.25) is 11.8 Å². The van der Waals surface area contributed by atoms with Crippen molar-refractivity contribution in [1.29, 1.82) is 0 Å². The first-order valence-electron chi connectivity index (χ1n) is 5.89. The van der Waals surface area contributed by atoms with Gasteiger partial charge in [-0.25, -0.2) is 0 Å². The van der Waals surface area contributed by atoms with Crippen molar-refractivity contribution in [1.82, 2.24) is 10.2 Å². The molecule has 0 aromatic carbocycles. The van der Waals surface area contributed by atoms with E-state index in [1.165, 1.54) is 0 Å². The summed E-state index contributed by atoms with van der Waals surface area (Å²) in [6.07, 6.45) is 1.29. The van der Waals surface area contributed by atoms with Crippen LogP contribution in [0.25, 0.3) is 0 Å². The zero-order valence-electron chi connectivity index (χ0n) is 9.61. The van der Waals surface area contributed by atoms with E-state index in [0.717, 1.165) is 13.0 Å². The van der Waals surface area contributed by atoms with Gasteiger partial charge in [-0.05, 0) is 12.3 Å². The number of carbonyl (C=O) groups is 2. The Bertz CT molecular complexity index is 306. The van der Waals surface area contributed by atoms with Gasteiger partial charge in [0, 0.05) is 32.1 Å². The molecule has 0 bridgehead atoms. The van der Waals surface area contributed by atoms with Crippen LogP contribution in [0.3, 0.4) is 0 Å². The third-order valence-corrected chi connectivity index (χ3v) is 3.65. The molecule has 2 saturated heterocycles. The van der Waals surface area contributed by atoms with Gasteiger partial charge in [0.1, 0.15) is 0 Å². The lowest BCUT2D eigenvalue weighted by atomic mass is 9.93. The van der Waals surface area contributed by atoms with Gasteiger partial charge < -0.3 is 16.0 Å². The molecule has 2 rings (SSSR count). The van der Waals surface area contributed by atoms with E-state index < -0.39 is 0 Å². The molecule has 3 N–H and O–H groups in total. The fourth-order valence-corrected chi connectivity index (χ4v) is 2.34. The molecular weight excluding hydrogens is 206 g/mol. The summed E-state index contributed by atoms with van der Waals surface area (Å²) in [5.74, 6) is 0.370. The molecule has 90 valence electrons. The minimum Gasteiger partial charge on any atom is -0.355 e. The molecule has 0 aliphatic carbocycles. The van der Waals surface area contributed by atoms with Crippen LogP contribution in [0.5, 0.6) is 0 Å².